The van der Waals surface area contributed by atoms with Crippen molar-refractivity contribution in [1.82, 2.24) is 15.1 Å². The standard InChI is InChI=1S/C10H16N4O3/c11-8(7-9(15)16)10(17)12-3-1-5-14-6-2-4-13-14/h2,4,6,8H,1,3,5,7,11H2,(H,12,17)(H,15,16). The van der Waals surface area contributed by atoms with E-state index >= 15 is 0 Å². The zero-order valence-corrected chi connectivity index (χ0v) is 9.37. The molecule has 1 aromatic rings. The second-order valence-corrected chi connectivity index (χ2v) is 3.62. The van der Waals surface area contributed by atoms with Crippen molar-refractivity contribution in [1.29, 1.82) is 0 Å². The molecule has 17 heavy (non-hydrogen) atoms. The number of hydrogen-bond acceptors (Lipinski definition) is 4. The number of rotatable bonds is 7. The highest BCUT2D eigenvalue weighted by Crippen LogP contribution is 1.90. The molecule has 0 saturated heterocycles. The highest BCUT2D eigenvalue weighted by molar-refractivity contribution is 5.85. The molecule has 0 aliphatic heterocycles. The maximum absolute atomic E-state index is 11.3. The van der Waals surface area contributed by atoms with Gasteiger partial charge in [0.25, 0.3) is 0 Å². The molecular formula is C10H16N4O3. The summed E-state index contributed by atoms with van der Waals surface area (Å²) in [5.74, 6) is -1.52. The van der Waals surface area contributed by atoms with Crippen molar-refractivity contribution in [2.75, 3.05) is 6.54 Å². The lowest BCUT2D eigenvalue weighted by molar-refractivity contribution is -0.139. The number of carbonyl (C=O) groups excluding carboxylic acids is 1. The van der Waals surface area contributed by atoms with Gasteiger partial charge in [-0.25, -0.2) is 0 Å². The zero-order valence-electron chi connectivity index (χ0n) is 9.37. The van der Waals surface area contributed by atoms with Crippen LogP contribution in [0.15, 0.2) is 18.5 Å². The van der Waals surface area contributed by atoms with Gasteiger partial charge in [0.15, 0.2) is 0 Å². The molecule has 1 heterocycles. The van der Waals surface area contributed by atoms with Gasteiger partial charge in [0.2, 0.25) is 5.91 Å². The molecule has 7 heteroatoms. The Balaban J connectivity index is 2.13. The summed E-state index contributed by atoms with van der Waals surface area (Å²) in [6.45, 7) is 1.15. The van der Waals surface area contributed by atoms with E-state index in [1.54, 1.807) is 10.9 Å². The molecule has 1 aromatic heterocycles. The van der Waals surface area contributed by atoms with Crippen LogP contribution in [0.3, 0.4) is 0 Å². The Morgan fingerprint density at radius 1 is 1.53 bits per heavy atom. The average Bonchev–Trinajstić information content (AvgIpc) is 2.75. The Hall–Kier alpha value is -1.89. The summed E-state index contributed by atoms with van der Waals surface area (Å²) in [7, 11) is 0. The van der Waals surface area contributed by atoms with Crippen LogP contribution in [0.2, 0.25) is 0 Å². The van der Waals surface area contributed by atoms with Gasteiger partial charge in [0.05, 0.1) is 12.5 Å². The van der Waals surface area contributed by atoms with Crippen LogP contribution >= 0.6 is 0 Å². The molecule has 0 aliphatic carbocycles. The van der Waals surface area contributed by atoms with E-state index in [1.165, 1.54) is 0 Å². The molecule has 1 amide bonds. The molecule has 7 nitrogen and oxygen atoms in total. The van der Waals surface area contributed by atoms with E-state index in [0.29, 0.717) is 19.5 Å². The summed E-state index contributed by atoms with van der Waals surface area (Å²) in [6, 6.07) is 0.832. The molecular weight excluding hydrogens is 224 g/mol. The van der Waals surface area contributed by atoms with E-state index in [4.69, 9.17) is 10.8 Å². The maximum atomic E-state index is 11.3. The number of hydrogen-bond donors (Lipinski definition) is 3. The lowest BCUT2D eigenvalue weighted by Crippen LogP contribution is -2.42. The van der Waals surface area contributed by atoms with E-state index in [9.17, 15) is 9.59 Å². The topological polar surface area (TPSA) is 110 Å². The third kappa shape index (κ3) is 5.12. The first-order valence-electron chi connectivity index (χ1n) is 5.32. The van der Waals surface area contributed by atoms with Gasteiger partial charge in [0, 0.05) is 25.5 Å². The summed E-state index contributed by atoms with van der Waals surface area (Å²) < 4.78 is 1.75. The van der Waals surface area contributed by atoms with Crippen LogP contribution in [-0.4, -0.2) is 39.4 Å². The molecule has 0 radical (unpaired) electrons. The molecule has 0 aromatic carbocycles. The van der Waals surface area contributed by atoms with Gasteiger partial charge in [-0.05, 0) is 12.5 Å². The van der Waals surface area contributed by atoms with Gasteiger partial charge in [0.1, 0.15) is 0 Å². The molecule has 4 N–H and O–H groups in total. The van der Waals surface area contributed by atoms with Crippen LogP contribution in [0, 0.1) is 0 Å². The van der Waals surface area contributed by atoms with Gasteiger partial charge in [-0.3, -0.25) is 14.3 Å². The first-order valence-corrected chi connectivity index (χ1v) is 5.32. The lowest BCUT2D eigenvalue weighted by atomic mass is 10.2. The molecule has 1 unspecified atom stereocenters. The van der Waals surface area contributed by atoms with Crippen molar-refractivity contribution in [2.24, 2.45) is 5.73 Å². The molecule has 1 atom stereocenters. The predicted octanol–water partition coefficient (Wildman–Crippen LogP) is -0.809. The van der Waals surface area contributed by atoms with E-state index in [1.807, 2.05) is 12.3 Å². The molecule has 0 spiro atoms. The Bertz CT molecular complexity index is 364. The summed E-state index contributed by atoms with van der Waals surface area (Å²) in [5, 5.41) is 15.0. The van der Waals surface area contributed by atoms with E-state index in [-0.39, 0.29) is 6.42 Å². The van der Waals surface area contributed by atoms with Crippen molar-refractivity contribution >= 4 is 11.9 Å². The second kappa shape index (κ2) is 6.64. The van der Waals surface area contributed by atoms with Crippen LogP contribution in [0.5, 0.6) is 0 Å². The van der Waals surface area contributed by atoms with Gasteiger partial charge in [-0.15, -0.1) is 0 Å². The summed E-state index contributed by atoms with van der Waals surface area (Å²) in [4.78, 5) is 21.6. The smallest absolute Gasteiger partial charge is 0.305 e. The van der Waals surface area contributed by atoms with Crippen LogP contribution in [-0.2, 0) is 16.1 Å². The SMILES string of the molecule is NC(CC(=O)O)C(=O)NCCCn1cccn1. The van der Waals surface area contributed by atoms with Crippen LogP contribution in [0.4, 0.5) is 0 Å². The van der Waals surface area contributed by atoms with Gasteiger partial charge in [-0.2, -0.15) is 5.10 Å². The van der Waals surface area contributed by atoms with E-state index in [0.717, 1.165) is 0 Å². The zero-order chi connectivity index (χ0) is 12.7. The van der Waals surface area contributed by atoms with Gasteiger partial charge >= 0.3 is 5.97 Å². The van der Waals surface area contributed by atoms with Crippen LogP contribution in [0.25, 0.3) is 0 Å². The summed E-state index contributed by atoms with van der Waals surface area (Å²) >= 11 is 0. The number of aryl methyl sites for hydroxylation is 1. The molecule has 0 aliphatic rings. The minimum absolute atomic E-state index is 0.356. The third-order valence-electron chi connectivity index (χ3n) is 2.15. The van der Waals surface area contributed by atoms with Crippen molar-refractivity contribution < 1.29 is 14.7 Å². The van der Waals surface area contributed by atoms with Crippen LogP contribution in [0.1, 0.15) is 12.8 Å². The predicted molar refractivity (Wildman–Crippen MR) is 60.1 cm³/mol. The Labute approximate surface area is 98.6 Å². The molecule has 0 saturated carbocycles. The fraction of sp³-hybridized carbons (Fsp3) is 0.500. The third-order valence-corrected chi connectivity index (χ3v) is 2.15. The fourth-order valence-electron chi connectivity index (χ4n) is 1.30. The first-order chi connectivity index (χ1) is 8.09. The number of nitrogens with zero attached hydrogens (tertiary/aromatic N) is 2. The summed E-state index contributed by atoms with van der Waals surface area (Å²) in [6.07, 6.45) is 3.87. The molecule has 0 fully saturated rings. The fourth-order valence-corrected chi connectivity index (χ4v) is 1.30. The number of carbonyl (C=O) groups is 2. The highest BCUT2D eigenvalue weighted by Gasteiger charge is 2.15. The number of carboxylic acid groups (broad SMARTS) is 1. The number of nitrogens with one attached hydrogen (secondary N) is 1. The molecule has 1 rings (SSSR count). The number of aromatic nitrogens is 2. The highest BCUT2D eigenvalue weighted by atomic mass is 16.4. The second-order valence-electron chi connectivity index (χ2n) is 3.62. The van der Waals surface area contributed by atoms with Gasteiger partial charge in [-0.1, -0.05) is 0 Å². The minimum atomic E-state index is -1.08. The normalized spacial score (nSPS) is 12.1. The number of aliphatic carboxylic acids is 1. The minimum Gasteiger partial charge on any atom is -0.481 e. The largest absolute Gasteiger partial charge is 0.481 e. The molecule has 0 bridgehead atoms. The van der Waals surface area contributed by atoms with E-state index in [2.05, 4.69) is 10.4 Å². The number of amides is 1. The lowest BCUT2D eigenvalue weighted by Gasteiger charge is -2.09. The van der Waals surface area contributed by atoms with E-state index < -0.39 is 17.9 Å². The van der Waals surface area contributed by atoms with Crippen molar-refractivity contribution in [3.05, 3.63) is 18.5 Å². The Morgan fingerprint density at radius 2 is 2.29 bits per heavy atom. The number of carboxylic acids is 1. The van der Waals surface area contributed by atoms with Crippen molar-refractivity contribution in [3.63, 3.8) is 0 Å². The van der Waals surface area contributed by atoms with Crippen molar-refractivity contribution in [2.45, 2.75) is 25.4 Å². The monoisotopic (exact) mass is 240 g/mol. The Kier molecular flexibility index (Phi) is 5.15. The quantitative estimate of drug-likeness (QED) is 0.540. The average molecular weight is 240 g/mol. The molecule has 94 valence electrons. The first kappa shape index (κ1) is 13.2. The van der Waals surface area contributed by atoms with Crippen LogP contribution < -0.4 is 11.1 Å². The van der Waals surface area contributed by atoms with Crippen molar-refractivity contribution in [3.8, 4) is 0 Å². The Morgan fingerprint density at radius 3 is 2.88 bits per heavy atom. The number of nitrogens with two attached hydrogens (primary N) is 1. The summed E-state index contributed by atoms with van der Waals surface area (Å²) in [5.41, 5.74) is 5.38. The van der Waals surface area contributed by atoms with Gasteiger partial charge < -0.3 is 16.2 Å². The maximum Gasteiger partial charge on any atom is 0.305 e.